The van der Waals surface area contributed by atoms with Crippen LogP contribution in [0, 0.1) is 16.0 Å². The molecule has 2 aliphatic heterocycles. The number of hydrogen-bond acceptors (Lipinski definition) is 6. The number of rotatable bonds is 5. The Kier molecular flexibility index (Phi) is 6.40. The number of carbonyl (C=O) groups is 2. The number of amides is 2. The first-order valence-corrected chi connectivity index (χ1v) is 9.92. The number of halogens is 1. The minimum atomic E-state index is -0.742. The number of piperidine rings is 1. The Morgan fingerprint density at radius 2 is 1.86 bits per heavy atom. The summed E-state index contributed by atoms with van der Waals surface area (Å²) in [5.41, 5.74) is -0.122. The second-order valence-electron chi connectivity index (χ2n) is 7.55. The van der Waals surface area contributed by atoms with Crippen molar-refractivity contribution in [3.8, 4) is 0 Å². The summed E-state index contributed by atoms with van der Waals surface area (Å²) in [4.78, 5) is 37.7. The molecule has 1 spiro atoms. The van der Waals surface area contributed by atoms with E-state index in [1.807, 2.05) is 13.8 Å². The van der Waals surface area contributed by atoms with Crippen LogP contribution >= 0.6 is 11.6 Å². The molecule has 0 radical (unpaired) electrons. The molecule has 2 amide bonds. The van der Waals surface area contributed by atoms with E-state index < -0.39 is 22.7 Å². The number of benzene rings is 1. The second-order valence-corrected chi connectivity index (χ2v) is 7.96. The van der Waals surface area contributed by atoms with Crippen molar-refractivity contribution in [1.82, 2.24) is 10.2 Å². The number of non-ortho nitro benzene ring substituents is 1. The van der Waals surface area contributed by atoms with Crippen LogP contribution in [0.5, 0.6) is 0 Å². The SMILES string of the molecule is CC(C)C(NC(=O)c1ccc([N+](=O)[O-])cc1Cl)C(=O)N1CCC2(CC1)OCCO2. The molecule has 158 valence electrons. The fraction of sp³-hybridized carbons (Fsp3) is 0.579. The standard InChI is InChI=1S/C19H24ClN3O6/c1-12(2)16(18(25)22-7-5-19(6-8-22)28-9-10-29-19)21-17(24)14-4-3-13(23(26)27)11-15(14)20/h3-4,11-12,16H,5-10H2,1-2H3,(H,21,24). The number of nitrogens with zero attached hydrogens (tertiary/aromatic N) is 2. The highest BCUT2D eigenvalue weighted by Crippen LogP contribution is 2.31. The van der Waals surface area contributed by atoms with Crippen molar-refractivity contribution in [3.63, 3.8) is 0 Å². The quantitative estimate of drug-likeness (QED) is 0.572. The Balaban J connectivity index is 1.67. The van der Waals surface area contributed by atoms with Crippen molar-refractivity contribution in [3.05, 3.63) is 38.9 Å². The normalized spacial score (nSPS) is 19.4. The van der Waals surface area contributed by atoms with E-state index in [2.05, 4.69) is 5.32 Å². The van der Waals surface area contributed by atoms with Crippen LogP contribution in [0.3, 0.4) is 0 Å². The van der Waals surface area contributed by atoms with Gasteiger partial charge < -0.3 is 19.7 Å². The number of nitrogens with one attached hydrogen (secondary N) is 1. The molecular formula is C19H24ClN3O6. The summed E-state index contributed by atoms with van der Waals surface area (Å²) >= 11 is 6.04. The van der Waals surface area contributed by atoms with Gasteiger partial charge in [0.2, 0.25) is 5.91 Å². The number of nitro benzene ring substituents is 1. The highest BCUT2D eigenvalue weighted by atomic mass is 35.5. The molecule has 29 heavy (non-hydrogen) atoms. The third kappa shape index (κ3) is 4.68. The van der Waals surface area contributed by atoms with Crippen LogP contribution in [0.2, 0.25) is 5.02 Å². The monoisotopic (exact) mass is 425 g/mol. The van der Waals surface area contributed by atoms with Gasteiger partial charge in [0.05, 0.1) is 28.7 Å². The third-order valence-electron chi connectivity index (χ3n) is 5.28. The predicted molar refractivity (Wildman–Crippen MR) is 105 cm³/mol. The minimum absolute atomic E-state index is 0.0397. The predicted octanol–water partition coefficient (Wildman–Crippen LogP) is 2.37. The van der Waals surface area contributed by atoms with E-state index in [9.17, 15) is 19.7 Å². The number of carbonyl (C=O) groups excluding carboxylic acids is 2. The first-order valence-electron chi connectivity index (χ1n) is 9.54. The van der Waals surface area contributed by atoms with Crippen LogP contribution in [0.15, 0.2) is 18.2 Å². The van der Waals surface area contributed by atoms with Crippen LogP contribution in [0.4, 0.5) is 5.69 Å². The second kappa shape index (κ2) is 8.64. The van der Waals surface area contributed by atoms with Gasteiger partial charge in [-0.1, -0.05) is 25.4 Å². The third-order valence-corrected chi connectivity index (χ3v) is 5.59. The molecule has 0 saturated carbocycles. The lowest BCUT2D eigenvalue weighted by Crippen LogP contribution is -2.55. The van der Waals surface area contributed by atoms with Gasteiger partial charge in [0, 0.05) is 38.1 Å². The lowest BCUT2D eigenvalue weighted by molar-refractivity contribution is -0.384. The lowest BCUT2D eigenvalue weighted by Gasteiger charge is -2.39. The molecule has 1 aromatic carbocycles. The molecule has 2 aliphatic rings. The molecule has 0 bridgehead atoms. The average molecular weight is 426 g/mol. The smallest absolute Gasteiger partial charge is 0.270 e. The molecule has 10 heteroatoms. The van der Waals surface area contributed by atoms with Crippen LogP contribution < -0.4 is 5.32 Å². The molecule has 0 aromatic heterocycles. The molecule has 2 fully saturated rings. The highest BCUT2D eigenvalue weighted by molar-refractivity contribution is 6.34. The Morgan fingerprint density at radius 3 is 2.38 bits per heavy atom. The summed E-state index contributed by atoms with van der Waals surface area (Å²) in [7, 11) is 0. The van der Waals surface area contributed by atoms with E-state index >= 15 is 0 Å². The molecule has 3 rings (SSSR count). The van der Waals surface area contributed by atoms with Crippen LogP contribution in [-0.4, -0.2) is 59.8 Å². The highest BCUT2D eigenvalue weighted by Gasteiger charge is 2.42. The molecule has 2 heterocycles. The topological polar surface area (TPSA) is 111 Å². The van der Waals surface area contributed by atoms with E-state index in [-0.39, 0.29) is 28.1 Å². The average Bonchev–Trinajstić information content (AvgIpc) is 3.13. The molecule has 0 aliphatic carbocycles. The van der Waals surface area contributed by atoms with Gasteiger partial charge in [0.25, 0.3) is 11.6 Å². The van der Waals surface area contributed by atoms with Crippen LogP contribution in [0.25, 0.3) is 0 Å². The van der Waals surface area contributed by atoms with Gasteiger partial charge in [-0.15, -0.1) is 0 Å². The Morgan fingerprint density at radius 1 is 1.24 bits per heavy atom. The number of hydrogen-bond donors (Lipinski definition) is 1. The van der Waals surface area contributed by atoms with Gasteiger partial charge >= 0.3 is 0 Å². The molecule has 1 aromatic rings. The fourth-order valence-electron chi connectivity index (χ4n) is 3.58. The maximum Gasteiger partial charge on any atom is 0.270 e. The number of ether oxygens (including phenoxy) is 2. The molecule has 1 N–H and O–H groups in total. The summed E-state index contributed by atoms with van der Waals surface area (Å²) in [6.45, 7) is 5.78. The number of nitro groups is 1. The summed E-state index contributed by atoms with van der Waals surface area (Å²) < 4.78 is 11.4. The number of likely N-dealkylation sites (tertiary alicyclic amines) is 1. The largest absolute Gasteiger partial charge is 0.347 e. The van der Waals surface area contributed by atoms with Crippen molar-refractivity contribution in [2.45, 2.75) is 38.5 Å². The minimum Gasteiger partial charge on any atom is -0.347 e. The Bertz CT molecular complexity index is 799. The molecule has 1 atom stereocenters. The van der Waals surface area contributed by atoms with Gasteiger partial charge in [0.1, 0.15) is 6.04 Å². The molecule has 9 nitrogen and oxygen atoms in total. The van der Waals surface area contributed by atoms with Crippen LogP contribution in [-0.2, 0) is 14.3 Å². The van der Waals surface area contributed by atoms with E-state index in [0.29, 0.717) is 39.1 Å². The van der Waals surface area contributed by atoms with Crippen molar-refractivity contribution in [1.29, 1.82) is 0 Å². The Labute approximate surface area is 173 Å². The van der Waals surface area contributed by atoms with Crippen molar-refractivity contribution >= 4 is 29.1 Å². The van der Waals surface area contributed by atoms with Gasteiger partial charge in [-0.25, -0.2) is 0 Å². The first kappa shape index (κ1) is 21.5. The maximum absolute atomic E-state index is 13.0. The van der Waals surface area contributed by atoms with E-state index in [1.165, 1.54) is 12.1 Å². The summed E-state index contributed by atoms with van der Waals surface area (Å²) in [6.07, 6.45) is 1.18. The molecule has 2 saturated heterocycles. The zero-order chi connectivity index (χ0) is 21.2. The lowest BCUT2D eigenvalue weighted by atomic mass is 9.98. The zero-order valence-corrected chi connectivity index (χ0v) is 17.1. The van der Waals surface area contributed by atoms with Crippen molar-refractivity contribution in [2.24, 2.45) is 5.92 Å². The Hall–Kier alpha value is -2.23. The molecule has 1 unspecified atom stereocenters. The first-order chi connectivity index (χ1) is 13.7. The zero-order valence-electron chi connectivity index (χ0n) is 16.4. The summed E-state index contributed by atoms with van der Waals surface area (Å²) in [6, 6.07) is 2.87. The molecular weight excluding hydrogens is 402 g/mol. The van der Waals surface area contributed by atoms with Crippen LogP contribution in [0.1, 0.15) is 37.0 Å². The van der Waals surface area contributed by atoms with E-state index in [4.69, 9.17) is 21.1 Å². The maximum atomic E-state index is 13.0. The van der Waals surface area contributed by atoms with Crippen molar-refractivity contribution in [2.75, 3.05) is 26.3 Å². The van der Waals surface area contributed by atoms with E-state index in [1.54, 1.807) is 4.90 Å². The van der Waals surface area contributed by atoms with Crippen molar-refractivity contribution < 1.29 is 24.0 Å². The van der Waals surface area contributed by atoms with E-state index in [0.717, 1.165) is 6.07 Å². The van der Waals surface area contributed by atoms with Gasteiger partial charge in [-0.3, -0.25) is 19.7 Å². The fourth-order valence-corrected chi connectivity index (χ4v) is 3.85. The van der Waals surface area contributed by atoms with Gasteiger partial charge in [-0.2, -0.15) is 0 Å². The van der Waals surface area contributed by atoms with Gasteiger partial charge in [-0.05, 0) is 12.0 Å². The van der Waals surface area contributed by atoms with Gasteiger partial charge in [0.15, 0.2) is 5.79 Å². The summed E-state index contributed by atoms with van der Waals surface area (Å²) in [5.74, 6) is -1.47. The summed E-state index contributed by atoms with van der Waals surface area (Å²) in [5, 5.41) is 13.5.